The molecule has 0 unspecified atom stereocenters. The fourth-order valence-electron chi connectivity index (χ4n) is 4.29. The first kappa shape index (κ1) is 21.2. The number of rotatable bonds is 3. The number of aromatic amines is 1. The fraction of sp³-hybridized carbons (Fsp3) is 0.240. The standard InChI is InChI=1S/C25H22N2O5/c1-4-7-21(28)27-20(25(30)32-3)14-18-17-8-5-6-9-19(17)26-22(18)23(27)15-10-12-16(13-11-15)24(29)31-2/h5-6,8-13,20,23,26H,14H2,1-3H3/t20-,23+/m1/s1. The minimum atomic E-state index is -0.842. The molecule has 0 radical (unpaired) electrons. The summed E-state index contributed by atoms with van der Waals surface area (Å²) in [6.45, 7) is 1.57. The topological polar surface area (TPSA) is 88.7 Å². The van der Waals surface area contributed by atoms with Gasteiger partial charge in [-0.25, -0.2) is 9.59 Å². The van der Waals surface area contributed by atoms with Crippen LogP contribution in [0.25, 0.3) is 10.9 Å². The smallest absolute Gasteiger partial charge is 0.337 e. The number of H-pyrrole nitrogens is 1. The zero-order valence-corrected chi connectivity index (χ0v) is 18.0. The quantitative estimate of drug-likeness (QED) is 0.510. The first-order chi connectivity index (χ1) is 15.5. The number of nitrogens with one attached hydrogen (secondary N) is 1. The lowest BCUT2D eigenvalue weighted by Crippen LogP contribution is -2.51. The maximum absolute atomic E-state index is 13.1. The molecule has 2 atom stereocenters. The van der Waals surface area contributed by atoms with E-state index >= 15 is 0 Å². The van der Waals surface area contributed by atoms with E-state index in [1.165, 1.54) is 19.1 Å². The van der Waals surface area contributed by atoms with Gasteiger partial charge in [-0.3, -0.25) is 4.79 Å². The van der Waals surface area contributed by atoms with Crippen LogP contribution in [-0.4, -0.2) is 48.0 Å². The molecule has 32 heavy (non-hydrogen) atoms. The van der Waals surface area contributed by atoms with Crippen LogP contribution in [0.2, 0.25) is 0 Å². The summed E-state index contributed by atoms with van der Waals surface area (Å²) in [7, 11) is 2.63. The molecular formula is C25H22N2O5. The van der Waals surface area contributed by atoms with Gasteiger partial charge < -0.3 is 19.4 Å². The van der Waals surface area contributed by atoms with Crippen molar-refractivity contribution in [3.05, 3.63) is 70.9 Å². The molecule has 1 N–H and O–H groups in total. The summed E-state index contributed by atoms with van der Waals surface area (Å²) in [6, 6.07) is 13.1. The molecule has 1 amide bonds. The van der Waals surface area contributed by atoms with Gasteiger partial charge in [0.25, 0.3) is 5.91 Å². The monoisotopic (exact) mass is 430 g/mol. The molecule has 2 heterocycles. The van der Waals surface area contributed by atoms with Crippen LogP contribution in [0.3, 0.4) is 0 Å². The second-order valence-corrected chi connectivity index (χ2v) is 7.41. The van der Waals surface area contributed by atoms with Crippen LogP contribution < -0.4 is 0 Å². The predicted octanol–water partition coefficient (Wildman–Crippen LogP) is 2.99. The summed E-state index contributed by atoms with van der Waals surface area (Å²) in [5, 5.41) is 0.987. The molecule has 162 valence electrons. The highest BCUT2D eigenvalue weighted by Gasteiger charge is 2.43. The average Bonchev–Trinajstić information content (AvgIpc) is 3.20. The number of amides is 1. The number of esters is 2. The molecule has 0 saturated heterocycles. The number of benzene rings is 2. The van der Waals surface area contributed by atoms with Crippen molar-refractivity contribution in [3.8, 4) is 11.8 Å². The van der Waals surface area contributed by atoms with Crippen LogP contribution in [-0.2, 0) is 25.5 Å². The van der Waals surface area contributed by atoms with E-state index in [-0.39, 0.29) is 0 Å². The predicted molar refractivity (Wildman–Crippen MR) is 118 cm³/mol. The van der Waals surface area contributed by atoms with Crippen molar-refractivity contribution >= 4 is 28.7 Å². The van der Waals surface area contributed by atoms with Crippen molar-refractivity contribution in [1.82, 2.24) is 9.88 Å². The largest absolute Gasteiger partial charge is 0.467 e. The molecule has 0 fully saturated rings. The summed E-state index contributed by atoms with van der Waals surface area (Å²) in [5.41, 5.74) is 3.79. The third-order valence-corrected chi connectivity index (χ3v) is 5.72. The van der Waals surface area contributed by atoms with Crippen LogP contribution in [0.15, 0.2) is 48.5 Å². The van der Waals surface area contributed by atoms with Gasteiger partial charge in [0, 0.05) is 23.0 Å². The third-order valence-electron chi connectivity index (χ3n) is 5.72. The highest BCUT2D eigenvalue weighted by molar-refractivity contribution is 5.98. The van der Waals surface area contributed by atoms with Crippen molar-refractivity contribution in [3.63, 3.8) is 0 Å². The Bertz CT molecular complexity index is 1260. The second kappa shape index (κ2) is 8.60. The van der Waals surface area contributed by atoms with Gasteiger partial charge >= 0.3 is 11.9 Å². The summed E-state index contributed by atoms with van der Waals surface area (Å²) in [6.07, 6.45) is 0.305. The molecule has 0 bridgehead atoms. The summed E-state index contributed by atoms with van der Waals surface area (Å²) in [5.74, 6) is 3.76. The summed E-state index contributed by atoms with van der Waals surface area (Å²) in [4.78, 5) is 42.7. The fourth-order valence-corrected chi connectivity index (χ4v) is 4.29. The van der Waals surface area contributed by atoms with Crippen molar-refractivity contribution in [2.75, 3.05) is 14.2 Å². The van der Waals surface area contributed by atoms with Gasteiger partial charge in [-0.05, 0) is 42.2 Å². The Morgan fingerprint density at radius 3 is 2.41 bits per heavy atom. The van der Waals surface area contributed by atoms with Gasteiger partial charge in [0.05, 0.1) is 25.8 Å². The molecule has 0 saturated carbocycles. The molecule has 4 rings (SSSR count). The number of aromatic nitrogens is 1. The zero-order chi connectivity index (χ0) is 22.8. The number of methoxy groups -OCH3 is 2. The second-order valence-electron chi connectivity index (χ2n) is 7.41. The zero-order valence-electron chi connectivity index (χ0n) is 18.0. The normalized spacial score (nSPS) is 17.2. The van der Waals surface area contributed by atoms with E-state index in [0.717, 1.165) is 27.7 Å². The molecule has 0 spiro atoms. The van der Waals surface area contributed by atoms with Crippen LogP contribution in [0.4, 0.5) is 0 Å². The first-order valence-corrected chi connectivity index (χ1v) is 10.1. The Morgan fingerprint density at radius 1 is 1.03 bits per heavy atom. The number of hydrogen-bond acceptors (Lipinski definition) is 5. The molecule has 2 aromatic carbocycles. The highest BCUT2D eigenvalue weighted by atomic mass is 16.5. The summed E-state index contributed by atoms with van der Waals surface area (Å²) >= 11 is 0. The van der Waals surface area contributed by atoms with E-state index in [1.54, 1.807) is 31.2 Å². The van der Waals surface area contributed by atoms with Gasteiger partial charge in [-0.1, -0.05) is 36.3 Å². The van der Waals surface area contributed by atoms with E-state index in [0.29, 0.717) is 12.0 Å². The Kier molecular flexibility index (Phi) is 5.69. The molecule has 1 aliphatic rings. The van der Waals surface area contributed by atoms with Crippen LogP contribution in [0.1, 0.15) is 40.1 Å². The number of nitrogens with zero attached hydrogens (tertiary/aromatic N) is 1. The molecule has 7 heteroatoms. The van der Waals surface area contributed by atoms with Crippen molar-refractivity contribution < 1.29 is 23.9 Å². The number of fused-ring (bicyclic) bond motifs is 3. The lowest BCUT2D eigenvalue weighted by Gasteiger charge is -2.39. The van der Waals surface area contributed by atoms with E-state index in [1.807, 2.05) is 24.3 Å². The minimum Gasteiger partial charge on any atom is -0.467 e. The Labute approximate surface area is 185 Å². The average molecular weight is 430 g/mol. The molecule has 3 aromatic rings. The Balaban J connectivity index is 1.94. The van der Waals surface area contributed by atoms with Crippen LogP contribution >= 0.6 is 0 Å². The van der Waals surface area contributed by atoms with Crippen molar-refractivity contribution in [1.29, 1.82) is 0 Å². The maximum atomic E-state index is 13.1. The molecule has 0 aliphatic carbocycles. The molecule has 1 aromatic heterocycles. The number of para-hydroxylation sites is 1. The van der Waals surface area contributed by atoms with Gasteiger partial charge in [0.1, 0.15) is 6.04 Å². The van der Waals surface area contributed by atoms with Gasteiger partial charge in [0.15, 0.2) is 0 Å². The first-order valence-electron chi connectivity index (χ1n) is 10.1. The van der Waals surface area contributed by atoms with E-state index in [9.17, 15) is 14.4 Å². The number of ether oxygens (including phenoxy) is 2. The van der Waals surface area contributed by atoms with Crippen molar-refractivity contribution in [2.24, 2.45) is 0 Å². The number of hydrogen-bond donors (Lipinski definition) is 1. The third kappa shape index (κ3) is 3.50. The minimum absolute atomic E-state index is 0.305. The van der Waals surface area contributed by atoms with E-state index < -0.39 is 29.9 Å². The van der Waals surface area contributed by atoms with E-state index in [4.69, 9.17) is 9.47 Å². The molecule has 1 aliphatic heterocycles. The Hall–Kier alpha value is -4.05. The molecule has 7 nitrogen and oxygen atoms in total. The summed E-state index contributed by atoms with van der Waals surface area (Å²) < 4.78 is 9.83. The van der Waals surface area contributed by atoms with E-state index in [2.05, 4.69) is 16.8 Å². The van der Waals surface area contributed by atoms with Crippen molar-refractivity contribution in [2.45, 2.75) is 25.4 Å². The lowest BCUT2D eigenvalue weighted by molar-refractivity contribution is -0.153. The van der Waals surface area contributed by atoms with Gasteiger partial charge in [0.2, 0.25) is 0 Å². The highest BCUT2D eigenvalue weighted by Crippen LogP contribution is 2.41. The van der Waals surface area contributed by atoms with Crippen LogP contribution in [0.5, 0.6) is 0 Å². The molecular weight excluding hydrogens is 408 g/mol. The Morgan fingerprint density at radius 2 is 1.75 bits per heavy atom. The number of carbonyl (C=O) groups is 3. The van der Waals surface area contributed by atoms with Gasteiger partial charge in [-0.15, -0.1) is 0 Å². The maximum Gasteiger partial charge on any atom is 0.337 e. The SMILES string of the molecule is CC#CC(=O)N1[C@@H](c2ccc(C(=O)OC)cc2)c2[nH]c3ccccc3c2C[C@@H]1C(=O)OC. The van der Waals surface area contributed by atoms with Crippen LogP contribution in [0, 0.1) is 11.8 Å². The van der Waals surface area contributed by atoms with Gasteiger partial charge in [-0.2, -0.15) is 0 Å². The lowest BCUT2D eigenvalue weighted by atomic mass is 9.87. The number of carbonyl (C=O) groups excluding carboxylic acids is 3.